The Labute approximate surface area is 165 Å². The van der Waals surface area contributed by atoms with E-state index in [2.05, 4.69) is 20.8 Å². The van der Waals surface area contributed by atoms with Crippen LogP contribution in [0.2, 0.25) is 0 Å². The number of hydrogen-bond acceptors (Lipinski definition) is 4. The summed E-state index contributed by atoms with van der Waals surface area (Å²) in [5, 5.41) is 0. The van der Waals surface area contributed by atoms with Crippen LogP contribution in [0.3, 0.4) is 0 Å². The van der Waals surface area contributed by atoms with Crippen LogP contribution >= 0.6 is 7.75 Å². The van der Waals surface area contributed by atoms with Crippen LogP contribution in [0.1, 0.15) is 98.8 Å². The van der Waals surface area contributed by atoms with Crippen molar-refractivity contribution in [3.8, 4) is 0 Å². The van der Waals surface area contributed by atoms with Crippen molar-refractivity contribution < 1.29 is 23.6 Å². The molecule has 0 aliphatic rings. The van der Waals surface area contributed by atoms with Gasteiger partial charge in [0.25, 0.3) is 0 Å². The first kappa shape index (κ1) is 26.4. The van der Waals surface area contributed by atoms with Crippen LogP contribution in [0.15, 0.2) is 0 Å². The van der Waals surface area contributed by atoms with Gasteiger partial charge in [-0.25, -0.2) is 10.1 Å². The largest absolute Gasteiger partial charge is 0.400 e. The number of carbonyl (C=O) groups excluding carboxylic acids is 2. The van der Waals surface area contributed by atoms with Crippen molar-refractivity contribution in [1.29, 1.82) is 0 Å². The molecular formula is C20H40NO5P. The summed E-state index contributed by atoms with van der Waals surface area (Å²) >= 11 is 0. The van der Waals surface area contributed by atoms with E-state index in [1.807, 2.05) is 13.8 Å². The maximum absolute atomic E-state index is 12.0. The minimum atomic E-state index is -3.96. The van der Waals surface area contributed by atoms with E-state index in [1.165, 1.54) is 0 Å². The second-order valence-electron chi connectivity index (χ2n) is 9.20. The molecule has 27 heavy (non-hydrogen) atoms. The Kier molecular flexibility index (Phi) is 11.9. The molecule has 0 amide bonds. The molecule has 0 saturated heterocycles. The monoisotopic (exact) mass is 405 g/mol. The second kappa shape index (κ2) is 12.1. The summed E-state index contributed by atoms with van der Waals surface area (Å²) in [5.74, 6) is 0.415. The molecule has 0 aliphatic carbocycles. The van der Waals surface area contributed by atoms with E-state index in [9.17, 15) is 14.2 Å². The maximum Gasteiger partial charge on any atom is 0.400 e. The van der Waals surface area contributed by atoms with Gasteiger partial charge in [0.2, 0.25) is 0 Å². The first-order chi connectivity index (χ1) is 12.3. The third-order valence-corrected chi connectivity index (χ3v) is 5.37. The molecule has 0 bridgehead atoms. The molecule has 160 valence electrons. The van der Waals surface area contributed by atoms with Gasteiger partial charge in [-0.15, -0.1) is 0 Å². The van der Waals surface area contributed by atoms with Gasteiger partial charge in [-0.1, -0.05) is 41.0 Å². The highest BCUT2D eigenvalue weighted by Gasteiger charge is 2.23. The smallest absolute Gasteiger partial charge is 0.313 e. The van der Waals surface area contributed by atoms with Gasteiger partial charge in [0.05, 0.1) is 6.61 Å². The van der Waals surface area contributed by atoms with Crippen LogP contribution in [0, 0.1) is 10.8 Å². The van der Waals surface area contributed by atoms with E-state index in [1.54, 1.807) is 0 Å². The average Bonchev–Trinajstić information content (AvgIpc) is 2.50. The summed E-state index contributed by atoms with van der Waals surface area (Å²) in [7, 11) is -3.96. The van der Waals surface area contributed by atoms with Crippen LogP contribution in [-0.2, 0) is 18.7 Å². The topological polar surface area (TPSA) is 107 Å². The lowest BCUT2D eigenvalue weighted by Gasteiger charge is -2.24. The highest BCUT2D eigenvalue weighted by molar-refractivity contribution is 7.50. The molecule has 0 radical (unpaired) electrons. The van der Waals surface area contributed by atoms with E-state index in [-0.39, 0.29) is 29.0 Å². The summed E-state index contributed by atoms with van der Waals surface area (Å²) in [5.41, 5.74) is 4.86. The van der Waals surface area contributed by atoms with Gasteiger partial charge in [-0.2, -0.15) is 0 Å². The summed E-state index contributed by atoms with van der Waals surface area (Å²) in [4.78, 5) is 33.0. The molecular weight excluding hydrogens is 365 g/mol. The van der Waals surface area contributed by atoms with E-state index in [0.29, 0.717) is 44.9 Å². The first-order valence-electron chi connectivity index (χ1n) is 10.1. The SMILES string of the molecule is CCCC(C)(C)CCC(=O)CCCC(=O)CCCC(C)(C)COP(N)(=O)O. The van der Waals surface area contributed by atoms with Gasteiger partial charge in [0, 0.05) is 25.7 Å². The Bertz CT molecular complexity index is 511. The summed E-state index contributed by atoms with van der Waals surface area (Å²) in [6.45, 7) is 10.5. The zero-order valence-electron chi connectivity index (χ0n) is 17.9. The predicted molar refractivity (Wildman–Crippen MR) is 109 cm³/mol. The Balaban J connectivity index is 3.91. The predicted octanol–water partition coefficient (Wildman–Crippen LogP) is 5.17. The molecule has 1 atom stereocenters. The average molecular weight is 406 g/mol. The van der Waals surface area contributed by atoms with Crippen LogP contribution in [-0.4, -0.2) is 23.1 Å². The molecule has 0 fully saturated rings. The number of rotatable bonds is 16. The van der Waals surface area contributed by atoms with Crippen molar-refractivity contribution in [3.05, 3.63) is 0 Å². The lowest BCUT2D eigenvalue weighted by Crippen LogP contribution is -2.20. The van der Waals surface area contributed by atoms with Crippen molar-refractivity contribution >= 4 is 19.3 Å². The van der Waals surface area contributed by atoms with Crippen LogP contribution in [0.5, 0.6) is 0 Å². The molecule has 6 nitrogen and oxygen atoms in total. The lowest BCUT2D eigenvalue weighted by molar-refractivity contribution is -0.120. The van der Waals surface area contributed by atoms with Gasteiger partial charge in [-0.05, 0) is 42.9 Å². The molecule has 3 N–H and O–H groups in total. The molecule has 0 spiro atoms. The van der Waals surface area contributed by atoms with Crippen molar-refractivity contribution in [2.24, 2.45) is 16.3 Å². The molecule has 1 unspecified atom stereocenters. The van der Waals surface area contributed by atoms with E-state index >= 15 is 0 Å². The van der Waals surface area contributed by atoms with Crippen molar-refractivity contribution in [2.75, 3.05) is 6.61 Å². The van der Waals surface area contributed by atoms with E-state index in [0.717, 1.165) is 19.3 Å². The van der Waals surface area contributed by atoms with E-state index < -0.39 is 7.75 Å². The molecule has 0 aromatic rings. The highest BCUT2D eigenvalue weighted by Crippen LogP contribution is 2.36. The zero-order valence-corrected chi connectivity index (χ0v) is 18.8. The van der Waals surface area contributed by atoms with Gasteiger partial charge < -0.3 is 4.89 Å². The van der Waals surface area contributed by atoms with E-state index in [4.69, 9.17) is 14.9 Å². The van der Waals surface area contributed by atoms with Crippen LogP contribution in [0.4, 0.5) is 0 Å². The number of nitrogens with two attached hydrogens (primary N) is 1. The highest BCUT2D eigenvalue weighted by atomic mass is 31.2. The van der Waals surface area contributed by atoms with Crippen molar-refractivity contribution in [3.63, 3.8) is 0 Å². The molecule has 0 aromatic heterocycles. The van der Waals surface area contributed by atoms with Crippen LogP contribution in [0.25, 0.3) is 0 Å². The lowest BCUT2D eigenvalue weighted by atomic mass is 9.82. The normalized spacial score (nSPS) is 14.8. The summed E-state index contributed by atoms with van der Waals surface area (Å²) in [6.07, 6.45) is 7.16. The Morgan fingerprint density at radius 2 is 1.41 bits per heavy atom. The molecule has 7 heteroatoms. The third kappa shape index (κ3) is 16.1. The second-order valence-corrected chi connectivity index (χ2v) is 10.6. The minimum Gasteiger partial charge on any atom is -0.313 e. The minimum absolute atomic E-state index is 0.0777. The number of ketones is 2. The summed E-state index contributed by atoms with van der Waals surface area (Å²) < 4.78 is 15.8. The molecule has 0 aromatic carbocycles. The van der Waals surface area contributed by atoms with Gasteiger partial charge in [0.1, 0.15) is 11.6 Å². The molecule has 0 rings (SSSR count). The fourth-order valence-corrected chi connectivity index (χ4v) is 3.65. The standard InChI is InChI=1S/C20H40NO5P/c1-6-13-19(2,3)15-12-18(23)10-7-9-17(22)11-8-14-20(4,5)16-26-27(21,24)25/h6-16H2,1-5H3,(H3,21,24,25). The fraction of sp³-hybridized carbons (Fsp3) is 0.900. The van der Waals surface area contributed by atoms with Gasteiger partial charge >= 0.3 is 7.75 Å². The van der Waals surface area contributed by atoms with Crippen molar-refractivity contribution in [2.45, 2.75) is 98.8 Å². The Hall–Kier alpha value is -0.550. The number of Topliss-reactive ketones (excluding diaryl/α,β-unsaturated/α-hetero) is 2. The van der Waals surface area contributed by atoms with Gasteiger partial charge in [-0.3, -0.25) is 14.1 Å². The van der Waals surface area contributed by atoms with Crippen molar-refractivity contribution in [1.82, 2.24) is 0 Å². The molecule has 0 aliphatic heterocycles. The summed E-state index contributed by atoms with van der Waals surface area (Å²) in [6, 6.07) is 0. The molecule has 0 saturated carbocycles. The quantitative estimate of drug-likeness (QED) is 0.343. The number of hydrogen-bond donors (Lipinski definition) is 2. The van der Waals surface area contributed by atoms with Crippen LogP contribution < -0.4 is 5.50 Å². The number of carbonyl (C=O) groups is 2. The Morgan fingerprint density at radius 3 is 1.93 bits per heavy atom. The molecule has 0 heterocycles. The third-order valence-electron chi connectivity index (χ3n) is 4.87. The zero-order chi connectivity index (χ0) is 21.1. The Morgan fingerprint density at radius 1 is 0.889 bits per heavy atom. The maximum atomic E-state index is 12.0. The fourth-order valence-electron chi connectivity index (χ4n) is 3.12. The first-order valence-corrected chi connectivity index (χ1v) is 11.7. The van der Waals surface area contributed by atoms with Gasteiger partial charge in [0.15, 0.2) is 0 Å².